The number of nitrogens with one attached hydrogen (secondary N) is 3. The second-order valence-corrected chi connectivity index (χ2v) is 4.68. The van der Waals surface area contributed by atoms with Gasteiger partial charge in [0.1, 0.15) is 0 Å². The smallest absolute Gasteiger partial charge is 0.243 e. The van der Waals surface area contributed by atoms with E-state index < -0.39 is 0 Å². The highest BCUT2D eigenvalue weighted by Gasteiger charge is 2.19. The molecule has 1 aliphatic rings. The van der Waals surface area contributed by atoms with Gasteiger partial charge in [-0.3, -0.25) is 14.8 Å². The Morgan fingerprint density at radius 2 is 2.11 bits per heavy atom. The molecule has 0 saturated carbocycles. The summed E-state index contributed by atoms with van der Waals surface area (Å²) < 4.78 is 0. The summed E-state index contributed by atoms with van der Waals surface area (Å²) in [5.41, 5.74) is 1.60. The first-order valence-corrected chi connectivity index (χ1v) is 6.65. The number of hydroxylamine groups is 1. The van der Waals surface area contributed by atoms with Crippen LogP contribution >= 0.6 is 0 Å². The maximum absolute atomic E-state index is 11.7. The summed E-state index contributed by atoms with van der Waals surface area (Å²) in [5.74, 6) is -0.110. The molecule has 6 nitrogen and oxygen atoms in total. The minimum absolute atomic E-state index is 0.110. The third kappa shape index (κ3) is 5.97. The summed E-state index contributed by atoms with van der Waals surface area (Å²) in [6.45, 7) is 2.45. The molecular weight excluding hydrogens is 234 g/mol. The number of unbranched alkanes of at least 4 members (excludes halogenated alkanes) is 2. The number of carbonyl (C=O) groups is 2. The predicted octanol–water partition coefficient (Wildman–Crippen LogP) is 0.168. The SMILES string of the molecule is O=C(CCCCCNC(=O)C1CCCNC1)NO. The molecule has 1 aliphatic heterocycles. The highest BCUT2D eigenvalue weighted by Crippen LogP contribution is 2.09. The standard InChI is InChI=1S/C12H23N3O3/c16-11(15-18)6-2-1-3-8-14-12(17)10-5-4-7-13-9-10/h10,13,18H,1-9H2,(H,14,17)(H,15,16). The van der Waals surface area contributed by atoms with E-state index in [9.17, 15) is 9.59 Å². The Hall–Kier alpha value is -1.14. The highest BCUT2D eigenvalue weighted by atomic mass is 16.5. The van der Waals surface area contributed by atoms with Crippen molar-refractivity contribution < 1.29 is 14.8 Å². The Labute approximate surface area is 107 Å². The van der Waals surface area contributed by atoms with Crippen LogP contribution in [0.1, 0.15) is 38.5 Å². The van der Waals surface area contributed by atoms with Crippen molar-refractivity contribution in [3.63, 3.8) is 0 Å². The number of hydrogen-bond donors (Lipinski definition) is 4. The lowest BCUT2D eigenvalue weighted by Gasteiger charge is -2.21. The molecule has 6 heteroatoms. The van der Waals surface area contributed by atoms with E-state index in [4.69, 9.17) is 5.21 Å². The lowest BCUT2D eigenvalue weighted by atomic mass is 9.99. The van der Waals surface area contributed by atoms with Crippen LogP contribution in [0.25, 0.3) is 0 Å². The summed E-state index contributed by atoms with van der Waals surface area (Å²) in [7, 11) is 0. The van der Waals surface area contributed by atoms with E-state index in [-0.39, 0.29) is 17.7 Å². The minimum Gasteiger partial charge on any atom is -0.356 e. The van der Waals surface area contributed by atoms with E-state index >= 15 is 0 Å². The van der Waals surface area contributed by atoms with Crippen LogP contribution in [0, 0.1) is 5.92 Å². The second kappa shape index (κ2) is 8.88. The van der Waals surface area contributed by atoms with Gasteiger partial charge in [-0.2, -0.15) is 0 Å². The summed E-state index contributed by atoms with van der Waals surface area (Å²) in [6.07, 6.45) is 4.83. The van der Waals surface area contributed by atoms with Crippen LogP contribution in [-0.4, -0.2) is 36.7 Å². The van der Waals surface area contributed by atoms with E-state index in [0.29, 0.717) is 13.0 Å². The molecule has 1 rings (SSSR count). The molecule has 0 aromatic carbocycles. The van der Waals surface area contributed by atoms with E-state index in [2.05, 4.69) is 10.6 Å². The average Bonchev–Trinajstić information content (AvgIpc) is 2.43. The van der Waals surface area contributed by atoms with Crippen LogP contribution in [0.4, 0.5) is 0 Å². The van der Waals surface area contributed by atoms with Crippen LogP contribution in [0.3, 0.4) is 0 Å². The summed E-state index contributed by atoms with van der Waals surface area (Å²) >= 11 is 0. The van der Waals surface area contributed by atoms with Gasteiger partial charge in [-0.05, 0) is 32.2 Å². The number of rotatable bonds is 7. The normalized spacial score (nSPS) is 19.3. The molecule has 0 spiro atoms. The van der Waals surface area contributed by atoms with E-state index in [1.165, 1.54) is 0 Å². The van der Waals surface area contributed by atoms with Crippen LogP contribution in [0.15, 0.2) is 0 Å². The van der Waals surface area contributed by atoms with Gasteiger partial charge < -0.3 is 10.6 Å². The van der Waals surface area contributed by atoms with Gasteiger partial charge in [0, 0.05) is 19.5 Å². The zero-order chi connectivity index (χ0) is 13.2. The molecular formula is C12H23N3O3. The van der Waals surface area contributed by atoms with Gasteiger partial charge in [0.2, 0.25) is 11.8 Å². The summed E-state index contributed by atoms with van der Waals surface area (Å²) in [4.78, 5) is 22.5. The van der Waals surface area contributed by atoms with Gasteiger partial charge in [-0.15, -0.1) is 0 Å². The number of amides is 2. The van der Waals surface area contributed by atoms with Crippen molar-refractivity contribution in [1.29, 1.82) is 0 Å². The van der Waals surface area contributed by atoms with Crippen molar-refractivity contribution in [2.45, 2.75) is 38.5 Å². The van der Waals surface area contributed by atoms with Gasteiger partial charge in [-0.25, -0.2) is 5.48 Å². The van der Waals surface area contributed by atoms with Crippen molar-refractivity contribution in [2.75, 3.05) is 19.6 Å². The molecule has 1 unspecified atom stereocenters. The molecule has 0 aromatic rings. The second-order valence-electron chi connectivity index (χ2n) is 4.68. The molecule has 1 fully saturated rings. The fourth-order valence-electron chi connectivity index (χ4n) is 2.07. The first-order valence-electron chi connectivity index (χ1n) is 6.65. The molecule has 2 amide bonds. The molecule has 0 aromatic heterocycles. The van der Waals surface area contributed by atoms with Gasteiger partial charge in [0.25, 0.3) is 0 Å². The molecule has 1 saturated heterocycles. The average molecular weight is 257 g/mol. The Bertz CT molecular complexity index is 265. The quantitative estimate of drug-likeness (QED) is 0.297. The molecule has 4 N–H and O–H groups in total. The van der Waals surface area contributed by atoms with Crippen molar-refractivity contribution >= 4 is 11.8 Å². The third-order valence-electron chi connectivity index (χ3n) is 3.17. The van der Waals surface area contributed by atoms with E-state index in [1.54, 1.807) is 5.48 Å². The molecule has 0 aliphatic carbocycles. The van der Waals surface area contributed by atoms with Gasteiger partial charge in [-0.1, -0.05) is 6.42 Å². The largest absolute Gasteiger partial charge is 0.356 e. The zero-order valence-electron chi connectivity index (χ0n) is 10.7. The fourth-order valence-corrected chi connectivity index (χ4v) is 2.07. The Balaban J connectivity index is 1.96. The van der Waals surface area contributed by atoms with E-state index in [1.807, 2.05) is 0 Å². The van der Waals surface area contributed by atoms with Crippen LogP contribution in [-0.2, 0) is 9.59 Å². The lowest BCUT2D eigenvalue weighted by molar-refractivity contribution is -0.129. The Kier molecular flexibility index (Phi) is 7.36. The molecule has 0 radical (unpaired) electrons. The topological polar surface area (TPSA) is 90.5 Å². The molecule has 0 bridgehead atoms. The first-order chi connectivity index (χ1) is 8.74. The van der Waals surface area contributed by atoms with Crippen LogP contribution in [0.5, 0.6) is 0 Å². The molecule has 1 heterocycles. The zero-order valence-corrected chi connectivity index (χ0v) is 10.7. The minimum atomic E-state index is -0.354. The predicted molar refractivity (Wildman–Crippen MR) is 67.0 cm³/mol. The Morgan fingerprint density at radius 1 is 1.28 bits per heavy atom. The van der Waals surface area contributed by atoms with E-state index in [0.717, 1.165) is 45.2 Å². The number of carbonyl (C=O) groups excluding carboxylic acids is 2. The first kappa shape index (κ1) is 14.9. The molecule has 1 atom stereocenters. The van der Waals surface area contributed by atoms with Crippen molar-refractivity contribution in [3.8, 4) is 0 Å². The van der Waals surface area contributed by atoms with Crippen molar-refractivity contribution in [2.24, 2.45) is 5.92 Å². The maximum atomic E-state index is 11.7. The fraction of sp³-hybridized carbons (Fsp3) is 0.833. The van der Waals surface area contributed by atoms with Crippen LogP contribution in [0.2, 0.25) is 0 Å². The van der Waals surface area contributed by atoms with Gasteiger partial charge >= 0.3 is 0 Å². The Morgan fingerprint density at radius 3 is 2.78 bits per heavy atom. The van der Waals surface area contributed by atoms with Gasteiger partial charge in [0.05, 0.1) is 5.92 Å². The number of hydrogen-bond acceptors (Lipinski definition) is 4. The van der Waals surface area contributed by atoms with Gasteiger partial charge in [0.15, 0.2) is 0 Å². The molecule has 18 heavy (non-hydrogen) atoms. The highest BCUT2D eigenvalue weighted by molar-refractivity contribution is 5.78. The van der Waals surface area contributed by atoms with Crippen LogP contribution < -0.4 is 16.1 Å². The summed E-state index contributed by atoms with van der Waals surface area (Å²) in [5, 5.41) is 14.4. The summed E-state index contributed by atoms with van der Waals surface area (Å²) in [6, 6.07) is 0. The monoisotopic (exact) mass is 257 g/mol. The van der Waals surface area contributed by atoms with Crippen molar-refractivity contribution in [3.05, 3.63) is 0 Å². The lowest BCUT2D eigenvalue weighted by Crippen LogP contribution is -2.40. The number of piperidine rings is 1. The maximum Gasteiger partial charge on any atom is 0.243 e. The molecule has 104 valence electrons. The van der Waals surface area contributed by atoms with Crippen molar-refractivity contribution in [1.82, 2.24) is 16.1 Å². The third-order valence-corrected chi connectivity index (χ3v) is 3.17.